The van der Waals surface area contributed by atoms with Crippen LogP contribution in [-0.2, 0) is 20.0 Å². The van der Waals surface area contributed by atoms with Gasteiger partial charge in [0.25, 0.3) is 0 Å². The van der Waals surface area contributed by atoms with Crippen LogP contribution in [0, 0.1) is 13.8 Å². The van der Waals surface area contributed by atoms with Crippen molar-refractivity contribution in [1.29, 1.82) is 0 Å². The Morgan fingerprint density at radius 2 is 0.410 bits per heavy atom. The zero-order valence-corrected chi connectivity index (χ0v) is 69.3. The van der Waals surface area contributed by atoms with Crippen molar-refractivity contribution in [2.75, 3.05) is 39.0 Å². The molecule has 4 aromatic carbocycles. The molecule has 566 valence electrons. The van der Waals surface area contributed by atoms with Crippen molar-refractivity contribution in [1.82, 2.24) is 0 Å². The SMILES string of the molecule is CCCCCCCCCCCCCCCCCCCCCCCCCCC1(CCCCCCCCCCCCCCCCCCCCCCCCCC)c2cc(C)ccc2-c2ccc(-c3ccc4c(c3)C(CCCCCCP(C)(C)=O)(CCCCCCP(C)(C)=O)c3cc(C)ccc3-4)cc21. The highest BCUT2D eigenvalue weighted by Crippen LogP contribution is 2.58. The highest BCUT2D eigenvalue weighted by molar-refractivity contribution is 7.62. The molecular formula is C96H160O2P2. The van der Waals surface area contributed by atoms with Gasteiger partial charge >= 0.3 is 0 Å². The quantitative estimate of drug-likeness (QED) is 0.0326. The third-order valence-corrected chi connectivity index (χ3v) is 27.2. The van der Waals surface area contributed by atoms with Crippen LogP contribution >= 0.6 is 14.3 Å². The van der Waals surface area contributed by atoms with Gasteiger partial charge in [-0.2, -0.15) is 0 Å². The summed E-state index contributed by atoms with van der Waals surface area (Å²) in [6.07, 6.45) is 84.5. The molecule has 0 saturated carbocycles. The first kappa shape index (κ1) is 86.3. The van der Waals surface area contributed by atoms with Crippen LogP contribution in [0.1, 0.15) is 432 Å². The lowest BCUT2D eigenvalue weighted by Gasteiger charge is -2.34. The van der Waals surface area contributed by atoms with Crippen molar-refractivity contribution < 1.29 is 9.13 Å². The Bertz CT molecular complexity index is 2770. The van der Waals surface area contributed by atoms with Crippen molar-refractivity contribution in [2.24, 2.45) is 0 Å². The zero-order valence-electron chi connectivity index (χ0n) is 67.5. The lowest BCUT2D eigenvalue weighted by molar-refractivity contribution is 0.396. The first-order valence-electron chi connectivity index (χ1n) is 44.3. The number of hydrogen-bond donors (Lipinski definition) is 0. The van der Waals surface area contributed by atoms with Crippen LogP contribution in [0.15, 0.2) is 72.8 Å². The van der Waals surface area contributed by atoms with E-state index in [1.807, 2.05) is 26.7 Å². The molecule has 2 aliphatic carbocycles. The topological polar surface area (TPSA) is 34.1 Å². The molecule has 100 heavy (non-hydrogen) atoms. The Labute approximate surface area is 621 Å². The van der Waals surface area contributed by atoms with Crippen molar-refractivity contribution in [3.05, 3.63) is 106 Å². The number of unbranched alkanes of at least 4 members (excludes halogenated alkanes) is 52. The molecule has 0 aromatic heterocycles. The third kappa shape index (κ3) is 32.6. The van der Waals surface area contributed by atoms with E-state index in [-0.39, 0.29) is 10.8 Å². The summed E-state index contributed by atoms with van der Waals surface area (Å²) < 4.78 is 25.5. The van der Waals surface area contributed by atoms with Gasteiger partial charge in [-0.3, -0.25) is 0 Å². The molecule has 0 N–H and O–H groups in total. The van der Waals surface area contributed by atoms with Gasteiger partial charge in [0.15, 0.2) is 0 Å². The average molecular weight is 1410 g/mol. The van der Waals surface area contributed by atoms with E-state index in [4.69, 9.17) is 0 Å². The third-order valence-electron chi connectivity index (χ3n) is 24.4. The van der Waals surface area contributed by atoms with Crippen molar-refractivity contribution in [3.63, 3.8) is 0 Å². The number of rotatable bonds is 65. The molecule has 2 aliphatic rings. The van der Waals surface area contributed by atoms with Crippen LogP contribution in [0.2, 0.25) is 0 Å². The predicted molar refractivity (Wildman–Crippen MR) is 451 cm³/mol. The van der Waals surface area contributed by atoms with Gasteiger partial charge in [-0.05, 0) is 147 Å². The lowest BCUT2D eigenvalue weighted by atomic mass is 9.69. The second kappa shape index (κ2) is 50.8. The van der Waals surface area contributed by atoms with Gasteiger partial charge in [-0.15, -0.1) is 0 Å². The molecule has 0 amide bonds. The maximum Gasteiger partial charge on any atom is 0.0819 e. The molecule has 0 aliphatic heterocycles. The number of fused-ring (bicyclic) bond motifs is 6. The minimum atomic E-state index is -2.01. The molecule has 2 nitrogen and oxygen atoms in total. The van der Waals surface area contributed by atoms with E-state index in [0.29, 0.717) is 0 Å². The summed E-state index contributed by atoms with van der Waals surface area (Å²) in [7, 11) is -4.02. The van der Waals surface area contributed by atoms with E-state index < -0.39 is 14.3 Å². The average Bonchev–Trinajstić information content (AvgIpc) is 1.57. The number of hydrogen-bond acceptors (Lipinski definition) is 2. The number of benzene rings is 4. The highest BCUT2D eigenvalue weighted by Gasteiger charge is 2.44. The van der Waals surface area contributed by atoms with E-state index in [9.17, 15) is 9.13 Å². The molecule has 4 aromatic rings. The van der Waals surface area contributed by atoms with Gasteiger partial charge in [0.2, 0.25) is 0 Å². The maximum absolute atomic E-state index is 12.7. The lowest BCUT2D eigenvalue weighted by Crippen LogP contribution is -2.26. The Kier molecular flexibility index (Phi) is 43.8. The van der Waals surface area contributed by atoms with Gasteiger partial charge in [0.1, 0.15) is 0 Å². The second-order valence-corrected chi connectivity index (χ2v) is 41.7. The van der Waals surface area contributed by atoms with Crippen molar-refractivity contribution in [2.45, 2.75) is 424 Å². The van der Waals surface area contributed by atoms with Crippen LogP contribution in [0.5, 0.6) is 0 Å². The van der Waals surface area contributed by atoms with E-state index >= 15 is 0 Å². The maximum atomic E-state index is 12.7. The molecule has 0 bridgehead atoms. The summed E-state index contributed by atoms with van der Waals surface area (Å²) in [6, 6.07) is 30.3. The molecule has 4 heteroatoms. The van der Waals surface area contributed by atoms with Crippen LogP contribution in [-0.4, -0.2) is 39.0 Å². The van der Waals surface area contributed by atoms with E-state index in [1.54, 1.807) is 22.3 Å². The molecule has 0 saturated heterocycles. The first-order chi connectivity index (χ1) is 48.7. The molecule has 0 unspecified atom stereocenters. The van der Waals surface area contributed by atoms with Crippen molar-refractivity contribution >= 4 is 14.3 Å². The highest BCUT2D eigenvalue weighted by atomic mass is 31.2. The van der Waals surface area contributed by atoms with E-state index in [2.05, 4.69) is 100 Å². The van der Waals surface area contributed by atoms with Gasteiger partial charge in [0.05, 0.1) is 14.3 Å². The first-order valence-corrected chi connectivity index (χ1v) is 49.9. The van der Waals surface area contributed by atoms with Gasteiger partial charge in [-0.1, -0.05) is 432 Å². The largest absolute Gasteiger partial charge is 0.324 e. The molecule has 0 spiro atoms. The molecule has 0 heterocycles. The van der Waals surface area contributed by atoms with Crippen LogP contribution in [0.25, 0.3) is 33.4 Å². The summed E-state index contributed by atoms with van der Waals surface area (Å²) in [5.41, 5.74) is 17.8. The fraction of sp³-hybridized carbons (Fsp3) is 0.750. The normalized spacial score (nSPS) is 13.7. The fourth-order valence-electron chi connectivity index (χ4n) is 18.2. The molecule has 0 atom stereocenters. The molecule has 0 fully saturated rings. The van der Waals surface area contributed by atoms with Crippen LogP contribution in [0.3, 0.4) is 0 Å². The summed E-state index contributed by atoms with van der Waals surface area (Å²) in [6.45, 7) is 17.1. The second-order valence-electron chi connectivity index (χ2n) is 34.5. The van der Waals surface area contributed by atoms with Gasteiger partial charge < -0.3 is 9.13 Å². The Morgan fingerprint density at radius 3 is 0.620 bits per heavy atom. The Hall–Kier alpha value is -2.66. The smallest absolute Gasteiger partial charge is 0.0819 e. The number of aryl methyl sites for hydroxylation is 2. The molecule has 0 radical (unpaired) electrons. The minimum Gasteiger partial charge on any atom is -0.324 e. The van der Waals surface area contributed by atoms with Crippen LogP contribution in [0.4, 0.5) is 0 Å². The minimum absolute atomic E-state index is 0.0351. The van der Waals surface area contributed by atoms with E-state index in [1.165, 1.54) is 391 Å². The standard InChI is InChI=1S/C96H160O2P2/c1-9-11-13-15-17-19-21-23-25-27-29-31-33-35-37-39-41-43-45-47-49-51-53-59-73-95(74-60-54-52-50-48-46-44-42-40-38-36-34-32-30-28-26-24-22-20-18-16-14-12-10-2)91-79-83(3)65-69-87(91)89-71-67-85(81-93(89)95)86-68-72-90-88-70-66-84(4)80-92(88)96(94(90)82-86,75-61-55-57-63-77-99(5,6)97)76-62-56-58-64-78-100(7,8)98/h65-72,79-82H,9-64,73-78H2,1-8H3. The summed E-state index contributed by atoms with van der Waals surface area (Å²) in [5.74, 6) is 0. The Balaban J connectivity index is 1.06. The van der Waals surface area contributed by atoms with Crippen molar-refractivity contribution in [3.8, 4) is 33.4 Å². The predicted octanol–water partition coefficient (Wildman–Crippen LogP) is 33.2. The molecular weight excluding hydrogens is 1250 g/mol. The van der Waals surface area contributed by atoms with Gasteiger partial charge in [-0.25, -0.2) is 0 Å². The van der Waals surface area contributed by atoms with Gasteiger partial charge in [0, 0.05) is 23.2 Å². The molecule has 6 rings (SSSR count). The van der Waals surface area contributed by atoms with E-state index in [0.717, 1.165) is 50.8 Å². The fourth-order valence-corrected chi connectivity index (χ4v) is 20.2. The Morgan fingerprint density at radius 1 is 0.230 bits per heavy atom. The monoisotopic (exact) mass is 1410 g/mol. The summed E-state index contributed by atoms with van der Waals surface area (Å²) >= 11 is 0. The zero-order chi connectivity index (χ0) is 71.3. The summed E-state index contributed by atoms with van der Waals surface area (Å²) in [4.78, 5) is 0. The van der Waals surface area contributed by atoms with Crippen LogP contribution < -0.4 is 0 Å². The summed E-state index contributed by atoms with van der Waals surface area (Å²) in [5, 5.41) is 0.